The molecular weight excluding hydrogens is 294 g/mol. The first kappa shape index (κ1) is 17.9. The lowest BCUT2D eigenvalue weighted by molar-refractivity contribution is 0.936. The van der Waals surface area contributed by atoms with Crippen molar-refractivity contribution in [2.45, 2.75) is 34.6 Å². The van der Waals surface area contributed by atoms with Gasteiger partial charge in [0.05, 0.1) is 11.4 Å². The molecule has 0 amide bonds. The third kappa shape index (κ3) is 4.98. The fourth-order valence-electron chi connectivity index (χ4n) is 1.76. The third-order valence-corrected chi connectivity index (χ3v) is 3.17. The van der Waals surface area contributed by atoms with Crippen LogP contribution in [0, 0.1) is 13.8 Å². The number of nitrogens with zero attached hydrogens (tertiary/aromatic N) is 3. The molecule has 1 heterocycles. The SMILES string of the molecule is CC=C=C(/C=C(\N=CC)n1cnc(C)c1C)NC(=S)NCC. The Kier molecular flexibility index (Phi) is 7.29. The summed E-state index contributed by atoms with van der Waals surface area (Å²) in [6, 6.07) is 0. The molecule has 5 nitrogen and oxygen atoms in total. The van der Waals surface area contributed by atoms with Crippen LogP contribution in [-0.2, 0) is 0 Å². The maximum Gasteiger partial charge on any atom is 0.171 e. The maximum atomic E-state index is 5.22. The van der Waals surface area contributed by atoms with E-state index in [0.717, 1.165) is 29.5 Å². The molecule has 0 aromatic carbocycles. The molecule has 0 radical (unpaired) electrons. The van der Waals surface area contributed by atoms with Crippen molar-refractivity contribution in [3.8, 4) is 0 Å². The van der Waals surface area contributed by atoms with Crippen LogP contribution in [0.5, 0.6) is 0 Å². The molecular formula is C16H23N5S. The van der Waals surface area contributed by atoms with Crippen molar-refractivity contribution in [3.05, 3.63) is 41.3 Å². The van der Waals surface area contributed by atoms with Crippen molar-refractivity contribution in [2.75, 3.05) is 6.54 Å². The van der Waals surface area contributed by atoms with Crippen LogP contribution in [0.2, 0.25) is 0 Å². The lowest BCUT2D eigenvalue weighted by Crippen LogP contribution is -2.33. The average molecular weight is 317 g/mol. The number of aromatic nitrogens is 2. The van der Waals surface area contributed by atoms with E-state index in [2.05, 4.69) is 26.3 Å². The molecule has 0 unspecified atom stereocenters. The molecule has 2 N–H and O–H groups in total. The van der Waals surface area contributed by atoms with Gasteiger partial charge in [0.15, 0.2) is 5.11 Å². The Bertz CT molecular complexity index is 645. The van der Waals surface area contributed by atoms with Crippen molar-refractivity contribution in [1.82, 2.24) is 20.2 Å². The van der Waals surface area contributed by atoms with Crippen LogP contribution in [0.25, 0.3) is 5.82 Å². The Morgan fingerprint density at radius 1 is 1.45 bits per heavy atom. The van der Waals surface area contributed by atoms with Gasteiger partial charge in [-0.25, -0.2) is 9.98 Å². The summed E-state index contributed by atoms with van der Waals surface area (Å²) in [5.41, 5.74) is 5.89. The van der Waals surface area contributed by atoms with E-state index in [9.17, 15) is 0 Å². The predicted molar refractivity (Wildman–Crippen MR) is 96.8 cm³/mol. The Balaban J connectivity index is 3.21. The molecule has 0 bridgehead atoms. The fraction of sp³-hybridized carbons (Fsp3) is 0.375. The smallest absolute Gasteiger partial charge is 0.171 e. The number of allylic oxidation sites excluding steroid dienone is 1. The van der Waals surface area contributed by atoms with E-state index in [-0.39, 0.29) is 0 Å². The fourth-order valence-corrected chi connectivity index (χ4v) is 2.01. The first-order chi connectivity index (χ1) is 10.5. The van der Waals surface area contributed by atoms with Gasteiger partial charge in [-0.15, -0.1) is 0 Å². The summed E-state index contributed by atoms with van der Waals surface area (Å²) in [4.78, 5) is 8.74. The zero-order valence-corrected chi connectivity index (χ0v) is 14.6. The quantitative estimate of drug-likeness (QED) is 0.379. The Morgan fingerprint density at radius 3 is 2.68 bits per heavy atom. The summed E-state index contributed by atoms with van der Waals surface area (Å²) in [6.07, 6.45) is 7.22. The Morgan fingerprint density at radius 2 is 2.18 bits per heavy atom. The molecule has 0 aliphatic rings. The summed E-state index contributed by atoms with van der Waals surface area (Å²) in [5.74, 6) is 0.747. The summed E-state index contributed by atoms with van der Waals surface area (Å²) in [7, 11) is 0. The van der Waals surface area contributed by atoms with Gasteiger partial charge in [0.1, 0.15) is 12.1 Å². The van der Waals surface area contributed by atoms with Crippen LogP contribution in [0.3, 0.4) is 0 Å². The molecule has 1 aromatic heterocycles. The van der Waals surface area contributed by atoms with E-state index in [1.165, 1.54) is 0 Å². The van der Waals surface area contributed by atoms with Crippen molar-refractivity contribution in [3.63, 3.8) is 0 Å². The first-order valence-corrected chi connectivity index (χ1v) is 7.61. The second-order valence-corrected chi connectivity index (χ2v) is 4.91. The standard InChI is InChI=1S/C16H23N5S/c1-6-9-14(20-16(22)18-8-3)10-15(17-7-2)21-11-19-12(4)13(21)5/h6-7,10-11H,8H2,1-5H3,(H2,18,20,22)/b15-10+,17-7?. The Labute approximate surface area is 137 Å². The number of hydrogen-bond donors (Lipinski definition) is 2. The van der Waals surface area contributed by atoms with Crippen LogP contribution < -0.4 is 10.6 Å². The molecule has 0 saturated heterocycles. The van der Waals surface area contributed by atoms with Gasteiger partial charge in [-0.2, -0.15) is 0 Å². The number of nitrogens with one attached hydrogen (secondary N) is 2. The van der Waals surface area contributed by atoms with Crippen molar-refractivity contribution in [1.29, 1.82) is 0 Å². The zero-order valence-electron chi connectivity index (χ0n) is 13.8. The molecule has 1 rings (SSSR count). The normalized spacial score (nSPS) is 11.2. The molecule has 0 aliphatic carbocycles. The van der Waals surface area contributed by atoms with Gasteiger partial charge in [-0.3, -0.25) is 4.57 Å². The maximum absolute atomic E-state index is 5.22. The monoisotopic (exact) mass is 317 g/mol. The second-order valence-electron chi connectivity index (χ2n) is 4.51. The molecule has 0 fully saturated rings. The highest BCUT2D eigenvalue weighted by atomic mass is 32.1. The molecule has 0 aliphatic heterocycles. The van der Waals surface area contributed by atoms with Gasteiger partial charge in [-0.05, 0) is 52.9 Å². The molecule has 1 aromatic rings. The average Bonchev–Trinajstić information content (AvgIpc) is 2.79. The number of rotatable bonds is 5. The number of thiocarbonyl (C=S) groups is 1. The molecule has 0 atom stereocenters. The summed E-state index contributed by atoms with van der Waals surface area (Å²) < 4.78 is 1.94. The molecule has 0 spiro atoms. The van der Waals surface area contributed by atoms with Gasteiger partial charge in [-0.1, -0.05) is 5.73 Å². The molecule has 22 heavy (non-hydrogen) atoms. The third-order valence-electron chi connectivity index (χ3n) is 2.92. The van der Waals surface area contributed by atoms with Gasteiger partial charge in [0.2, 0.25) is 0 Å². The van der Waals surface area contributed by atoms with Crippen LogP contribution in [0.4, 0.5) is 0 Å². The highest BCUT2D eigenvalue weighted by Gasteiger charge is 2.07. The number of imidazole rings is 1. The van der Waals surface area contributed by atoms with E-state index in [1.54, 1.807) is 12.5 Å². The van der Waals surface area contributed by atoms with Crippen LogP contribution in [0.15, 0.2) is 34.9 Å². The number of aryl methyl sites for hydroxylation is 1. The number of aliphatic imine (C=N–C) groups is 1. The Hall–Kier alpha value is -2.17. The first-order valence-electron chi connectivity index (χ1n) is 7.20. The summed E-state index contributed by atoms with van der Waals surface area (Å²) >= 11 is 5.22. The van der Waals surface area contributed by atoms with Gasteiger partial charge >= 0.3 is 0 Å². The summed E-state index contributed by atoms with van der Waals surface area (Å²) in [5, 5.41) is 6.72. The van der Waals surface area contributed by atoms with E-state index < -0.39 is 0 Å². The van der Waals surface area contributed by atoms with Crippen LogP contribution in [-0.4, -0.2) is 27.4 Å². The summed E-state index contributed by atoms with van der Waals surface area (Å²) in [6.45, 7) is 10.5. The minimum Gasteiger partial charge on any atom is -0.363 e. The highest BCUT2D eigenvalue weighted by molar-refractivity contribution is 7.80. The van der Waals surface area contributed by atoms with E-state index in [1.807, 2.05) is 51.3 Å². The lowest BCUT2D eigenvalue weighted by Gasteiger charge is -2.10. The largest absolute Gasteiger partial charge is 0.363 e. The minimum absolute atomic E-state index is 0.557. The highest BCUT2D eigenvalue weighted by Crippen LogP contribution is 2.14. The van der Waals surface area contributed by atoms with Gasteiger partial charge in [0, 0.05) is 24.5 Å². The zero-order chi connectivity index (χ0) is 16.5. The molecule has 0 saturated carbocycles. The predicted octanol–water partition coefficient (Wildman–Crippen LogP) is 2.93. The van der Waals surface area contributed by atoms with E-state index in [0.29, 0.717) is 5.11 Å². The van der Waals surface area contributed by atoms with Crippen molar-refractivity contribution in [2.24, 2.45) is 4.99 Å². The lowest BCUT2D eigenvalue weighted by atomic mass is 10.3. The number of hydrogen-bond acceptors (Lipinski definition) is 3. The van der Waals surface area contributed by atoms with E-state index >= 15 is 0 Å². The topological polar surface area (TPSA) is 54.2 Å². The molecule has 118 valence electrons. The molecule has 6 heteroatoms. The minimum atomic E-state index is 0.557. The van der Waals surface area contributed by atoms with Crippen molar-refractivity contribution < 1.29 is 0 Å². The van der Waals surface area contributed by atoms with E-state index in [4.69, 9.17) is 12.2 Å². The van der Waals surface area contributed by atoms with Crippen molar-refractivity contribution >= 4 is 29.4 Å². The van der Waals surface area contributed by atoms with Gasteiger partial charge in [0.25, 0.3) is 0 Å². The van der Waals surface area contributed by atoms with Crippen LogP contribution >= 0.6 is 12.2 Å². The second kappa shape index (κ2) is 8.97. The van der Waals surface area contributed by atoms with Gasteiger partial charge < -0.3 is 10.6 Å². The van der Waals surface area contributed by atoms with Crippen LogP contribution in [0.1, 0.15) is 32.2 Å².